The van der Waals surface area contributed by atoms with Gasteiger partial charge in [0.25, 0.3) is 0 Å². The largest absolute Gasteiger partial charge is 0.309 e. The molecule has 2 atom stereocenters. The highest BCUT2D eigenvalue weighted by atomic mass is 16.2. The molecule has 2 nitrogen and oxygen atoms in total. The van der Waals surface area contributed by atoms with E-state index in [2.05, 4.69) is 36.1 Å². The number of benzene rings is 1. The van der Waals surface area contributed by atoms with E-state index in [4.69, 9.17) is 0 Å². The van der Waals surface area contributed by atoms with Crippen LogP contribution in [0.25, 0.3) is 0 Å². The molecule has 0 aromatic heterocycles. The minimum atomic E-state index is 0.323. The smallest absolute Gasteiger partial charge is 0.227 e. The predicted molar refractivity (Wildman–Crippen MR) is 69.1 cm³/mol. The monoisotopic (exact) mass is 229 g/mol. The summed E-state index contributed by atoms with van der Waals surface area (Å²) in [6.07, 6.45) is 5.53. The van der Waals surface area contributed by atoms with Crippen molar-refractivity contribution >= 4 is 11.6 Å². The van der Waals surface area contributed by atoms with Gasteiger partial charge in [0.2, 0.25) is 5.91 Å². The van der Waals surface area contributed by atoms with Crippen molar-refractivity contribution in [1.29, 1.82) is 0 Å². The van der Waals surface area contributed by atoms with Gasteiger partial charge in [0, 0.05) is 18.2 Å². The topological polar surface area (TPSA) is 20.3 Å². The Bertz CT molecular complexity index is 423. The van der Waals surface area contributed by atoms with Crippen LogP contribution in [0.2, 0.25) is 0 Å². The molecule has 17 heavy (non-hydrogen) atoms. The number of fused-ring (bicyclic) bond motifs is 1. The van der Waals surface area contributed by atoms with Crippen LogP contribution in [0, 0.1) is 5.92 Å². The van der Waals surface area contributed by atoms with Gasteiger partial charge >= 0.3 is 0 Å². The first-order valence-electron chi connectivity index (χ1n) is 6.70. The van der Waals surface area contributed by atoms with E-state index in [-0.39, 0.29) is 0 Å². The fraction of sp³-hybridized carbons (Fsp3) is 0.533. The van der Waals surface area contributed by atoms with Gasteiger partial charge in [-0.15, -0.1) is 0 Å². The quantitative estimate of drug-likeness (QED) is 0.763. The lowest BCUT2D eigenvalue weighted by Crippen LogP contribution is -2.33. The molecule has 0 N–H and O–H groups in total. The Labute approximate surface area is 103 Å². The minimum Gasteiger partial charge on any atom is -0.309 e. The zero-order chi connectivity index (χ0) is 11.8. The summed E-state index contributed by atoms with van der Waals surface area (Å²) in [6.45, 7) is 2.16. The number of rotatable bonds is 2. The van der Waals surface area contributed by atoms with Crippen molar-refractivity contribution in [3.8, 4) is 0 Å². The number of aryl methyl sites for hydroxylation is 1. The Balaban J connectivity index is 1.89. The number of nitrogens with zero attached hydrogens (tertiary/aromatic N) is 1. The molecule has 1 aliphatic heterocycles. The molecule has 1 heterocycles. The fourth-order valence-corrected chi connectivity index (χ4v) is 3.33. The van der Waals surface area contributed by atoms with Gasteiger partial charge < -0.3 is 4.90 Å². The van der Waals surface area contributed by atoms with Crippen LogP contribution in [0.1, 0.15) is 38.2 Å². The summed E-state index contributed by atoms with van der Waals surface area (Å²) in [7, 11) is 0. The van der Waals surface area contributed by atoms with E-state index in [1.54, 1.807) is 0 Å². The Morgan fingerprint density at radius 3 is 2.71 bits per heavy atom. The van der Waals surface area contributed by atoms with Gasteiger partial charge in [-0.1, -0.05) is 25.5 Å². The predicted octanol–water partition coefficient (Wildman–Crippen LogP) is 3.15. The summed E-state index contributed by atoms with van der Waals surface area (Å²) in [4.78, 5) is 14.1. The van der Waals surface area contributed by atoms with Crippen LogP contribution in [0.15, 0.2) is 24.3 Å². The minimum absolute atomic E-state index is 0.323. The Morgan fingerprint density at radius 2 is 2.00 bits per heavy atom. The summed E-state index contributed by atoms with van der Waals surface area (Å²) in [6, 6.07) is 8.99. The maximum Gasteiger partial charge on any atom is 0.227 e. The molecule has 1 aliphatic carbocycles. The lowest BCUT2D eigenvalue weighted by atomic mass is 10.0. The number of anilines is 1. The molecular weight excluding hydrogens is 210 g/mol. The Hall–Kier alpha value is -1.31. The van der Waals surface area contributed by atoms with E-state index in [1.165, 1.54) is 24.8 Å². The maximum atomic E-state index is 12.1. The molecule has 2 fully saturated rings. The van der Waals surface area contributed by atoms with Gasteiger partial charge in [-0.2, -0.15) is 0 Å². The van der Waals surface area contributed by atoms with Crippen molar-refractivity contribution in [3.05, 3.63) is 29.8 Å². The second-order valence-corrected chi connectivity index (χ2v) is 5.25. The van der Waals surface area contributed by atoms with Crippen LogP contribution in [-0.2, 0) is 11.2 Å². The highest BCUT2D eigenvalue weighted by molar-refractivity contribution is 5.96. The number of hydrogen-bond acceptors (Lipinski definition) is 1. The molecular formula is C15H19NO. The van der Waals surface area contributed by atoms with Crippen LogP contribution in [0.4, 0.5) is 5.69 Å². The number of carbonyl (C=O) groups excluding carboxylic acids is 1. The molecule has 0 radical (unpaired) electrons. The normalized spacial score (nSPS) is 27.6. The van der Waals surface area contributed by atoms with E-state index < -0.39 is 0 Å². The third kappa shape index (κ3) is 1.76. The van der Waals surface area contributed by atoms with Gasteiger partial charge in [-0.25, -0.2) is 0 Å². The van der Waals surface area contributed by atoms with E-state index in [1.807, 2.05) is 0 Å². The van der Waals surface area contributed by atoms with Crippen LogP contribution >= 0.6 is 0 Å². The van der Waals surface area contributed by atoms with Crippen molar-refractivity contribution in [2.75, 3.05) is 4.90 Å². The SMILES string of the molecule is CCc1ccc(N2C(=O)C[C@H]3CCC[C@H]32)cc1. The standard InChI is InChI=1S/C15H19NO/c1-2-11-6-8-13(9-7-11)16-14-5-3-4-12(14)10-15(16)17/h6-9,12,14H,2-5,10H2,1H3/t12-,14-/m1/s1. The molecule has 3 rings (SSSR count). The van der Waals surface area contributed by atoms with E-state index in [0.717, 1.165) is 18.5 Å². The molecule has 0 bridgehead atoms. The van der Waals surface area contributed by atoms with Gasteiger partial charge in [-0.05, 0) is 42.9 Å². The van der Waals surface area contributed by atoms with Crippen molar-refractivity contribution in [1.82, 2.24) is 0 Å². The van der Waals surface area contributed by atoms with Crippen LogP contribution in [0.5, 0.6) is 0 Å². The summed E-state index contributed by atoms with van der Waals surface area (Å²) >= 11 is 0. The second-order valence-electron chi connectivity index (χ2n) is 5.25. The molecule has 1 aromatic carbocycles. The Morgan fingerprint density at radius 1 is 1.24 bits per heavy atom. The fourth-order valence-electron chi connectivity index (χ4n) is 3.33. The second kappa shape index (κ2) is 4.17. The summed E-state index contributed by atoms with van der Waals surface area (Å²) in [5.74, 6) is 0.942. The van der Waals surface area contributed by atoms with E-state index in [9.17, 15) is 4.79 Å². The lowest BCUT2D eigenvalue weighted by molar-refractivity contribution is -0.117. The van der Waals surface area contributed by atoms with E-state index >= 15 is 0 Å². The van der Waals surface area contributed by atoms with Crippen molar-refractivity contribution in [3.63, 3.8) is 0 Å². The molecule has 0 spiro atoms. The first-order valence-corrected chi connectivity index (χ1v) is 6.70. The summed E-state index contributed by atoms with van der Waals surface area (Å²) in [5, 5.41) is 0. The maximum absolute atomic E-state index is 12.1. The molecule has 1 saturated heterocycles. The summed E-state index contributed by atoms with van der Waals surface area (Å²) in [5.41, 5.74) is 2.44. The molecule has 2 aliphatic rings. The molecule has 90 valence electrons. The average Bonchev–Trinajstić information content (AvgIpc) is 2.89. The van der Waals surface area contributed by atoms with Crippen molar-refractivity contribution < 1.29 is 4.79 Å². The number of hydrogen-bond donors (Lipinski definition) is 0. The number of carbonyl (C=O) groups is 1. The highest BCUT2D eigenvalue weighted by Crippen LogP contribution is 2.40. The van der Waals surface area contributed by atoms with E-state index in [0.29, 0.717) is 17.9 Å². The lowest BCUT2D eigenvalue weighted by Gasteiger charge is -2.24. The molecule has 0 unspecified atom stereocenters. The Kier molecular flexibility index (Phi) is 2.65. The first-order chi connectivity index (χ1) is 8.29. The molecule has 1 saturated carbocycles. The van der Waals surface area contributed by atoms with Crippen LogP contribution in [0.3, 0.4) is 0 Å². The molecule has 2 heteroatoms. The van der Waals surface area contributed by atoms with Gasteiger partial charge in [0.05, 0.1) is 0 Å². The third-order valence-corrected chi connectivity index (χ3v) is 4.28. The van der Waals surface area contributed by atoms with Crippen LogP contribution in [-0.4, -0.2) is 11.9 Å². The first kappa shape index (κ1) is 10.8. The van der Waals surface area contributed by atoms with Gasteiger partial charge in [0.1, 0.15) is 0 Å². The average molecular weight is 229 g/mol. The number of amides is 1. The van der Waals surface area contributed by atoms with Gasteiger partial charge in [-0.3, -0.25) is 4.79 Å². The van der Waals surface area contributed by atoms with Crippen LogP contribution < -0.4 is 4.90 Å². The highest BCUT2D eigenvalue weighted by Gasteiger charge is 2.42. The van der Waals surface area contributed by atoms with Gasteiger partial charge in [0.15, 0.2) is 0 Å². The van der Waals surface area contributed by atoms with Crippen molar-refractivity contribution in [2.45, 2.75) is 45.1 Å². The third-order valence-electron chi connectivity index (χ3n) is 4.28. The zero-order valence-electron chi connectivity index (χ0n) is 10.4. The zero-order valence-corrected chi connectivity index (χ0v) is 10.4. The molecule has 1 amide bonds. The molecule has 1 aromatic rings. The van der Waals surface area contributed by atoms with Crippen molar-refractivity contribution in [2.24, 2.45) is 5.92 Å². The summed E-state index contributed by atoms with van der Waals surface area (Å²) < 4.78 is 0.